The first-order valence-corrected chi connectivity index (χ1v) is 14.0. The fraction of sp³-hybridized carbons (Fsp3) is 0.600. The maximum Gasteiger partial charge on any atom is 0.253 e. The molecule has 0 radical (unpaired) electrons. The highest BCUT2D eigenvalue weighted by Gasteiger charge is 2.45. The van der Waals surface area contributed by atoms with E-state index in [2.05, 4.69) is 38.9 Å². The number of benzene rings is 1. The number of nitrogens with zero attached hydrogens (tertiary/aromatic N) is 3. The van der Waals surface area contributed by atoms with E-state index in [1.165, 1.54) is 19.3 Å². The van der Waals surface area contributed by atoms with Crippen LogP contribution in [0, 0.1) is 17.8 Å². The third kappa shape index (κ3) is 4.54. The van der Waals surface area contributed by atoms with Gasteiger partial charge in [0.1, 0.15) is 0 Å². The van der Waals surface area contributed by atoms with Crippen molar-refractivity contribution < 1.29 is 4.79 Å². The van der Waals surface area contributed by atoms with Crippen molar-refractivity contribution in [1.82, 2.24) is 19.7 Å². The van der Waals surface area contributed by atoms with E-state index in [0.29, 0.717) is 23.9 Å². The molecular weight excluding hydrogens is 448 g/mol. The minimum Gasteiger partial charge on any atom is -0.336 e. The molecule has 2 aromatic rings. The van der Waals surface area contributed by atoms with Gasteiger partial charge in [-0.1, -0.05) is 49.6 Å². The SMILES string of the molecule is CN1CCN(C2(CN(Cc3cc4ccccc4[nH]c3=O)C(=O)[C@@H]3C[C@@H]4C=C[C@H]3C4)CCCCC2)CC1. The Morgan fingerprint density at radius 2 is 1.83 bits per heavy atom. The quantitative estimate of drug-likeness (QED) is 0.624. The zero-order valence-electron chi connectivity index (χ0n) is 21.6. The molecule has 2 saturated carbocycles. The molecule has 1 saturated heterocycles. The van der Waals surface area contributed by atoms with Crippen molar-refractivity contribution in [3.8, 4) is 0 Å². The van der Waals surface area contributed by atoms with Gasteiger partial charge in [-0.05, 0) is 62.1 Å². The molecule has 0 spiro atoms. The number of para-hydroxylation sites is 1. The molecule has 36 heavy (non-hydrogen) atoms. The largest absolute Gasteiger partial charge is 0.336 e. The highest BCUT2D eigenvalue weighted by atomic mass is 16.2. The molecule has 6 nitrogen and oxygen atoms in total. The van der Waals surface area contributed by atoms with Crippen LogP contribution in [-0.2, 0) is 11.3 Å². The van der Waals surface area contributed by atoms with E-state index in [0.717, 1.165) is 69.3 Å². The average Bonchev–Trinajstić information content (AvgIpc) is 3.53. The van der Waals surface area contributed by atoms with E-state index in [-0.39, 0.29) is 22.9 Å². The second-order valence-electron chi connectivity index (χ2n) is 11.9. The van der Waals surface area contributed by atoms with Crippen LogP contribution >= 0.6 is 0 Å². The van der Waals surface area contributed by atoms with E-state index in [9.17, 15) is 9.59 Å². The van der Waals surface area contributed by atoms with Gasteiger partial charge in [-0.25, -0.2) is 0 Å². The second kappa shape index (κ2) is 9.79. The van der Waals surface area contributed by atoms with Crippen molar-refractivity contribution in [2.75, 3.05) is 39.8 Å². The monoisotopic (exact) mass is 488 g/mol. The summed E-state index contributed by atoms with van der Waals surface area (Å²) in [7, 11) is 2.20. The van der Waals surface area contributed by atoms with Crippen LogP contribution in [0.1, 0.15) is 50.5 Å². The molecule has 4 aliphatic rings. The highest BCUT2D eigenvalue weighted by Crippen LogP contribution is 2.45. The lowest BCUT2D eigenvalue weighted by Crippen LogP contribution is -2.62. The summed E-state index contributed by atoms with van der Waals surface area (Å²) in [5, 5.41) is 1.02. The number of carbonyl (C=O) groups is 1. The predicted octanol–water partition coefficient (Wildman–Crippen LogP) is 4.02. The summed E-state index contributed by atoms with van der Waals surface area (Å²) in [5.74, 6) is 1.24. The van der Waals surface area contributed by atoms with Crippen molar-refractivity contribution >= 4 is 16.8 Å². The maximum absolute atomic E-state index is 14.2. The van der Waals surface area contributed by atoms with Crippen LogP contribution in [0.5, 0.6) is 0 Å². The van der Waals surface area contributed by atoms with Gasteiger partial charge in [0.2, 0.25) is 5.91 Å². The molecule has 1 aromatic carbocycles. The lowest BCUT2D eigenvalue weighted by Gasteiger charge is -2.51. The van der Waals surface area contributed by atoms with Gasteiger partial charge >= 0.3 is 0 Å². The Morgan fingerprint density at radius 3 is 2.56 bits per heavy atom. The minimum absolute atomic E-state index is 0.0201. The Morgan fingerprint density at radius 1 is 1.06 bits per heavy atom. The number of carbonyl (C=O) groups excluding carboxylic acids is 1. The van der Waals surface area contributed by atoms with E-state index in [1.807, 2.05) is 30.3 Å². The fourth-order valence-electron chi connectivity index (χ4n) is 7.45. The summed E-state index contributed by atoms with van der Waals surface area (Å²) >= 11 is 0. The molecule has 1 aromatic heterocycles. The van der Waals surface area contributed by atoms with Crippen LogP contribution < -0.4 is 5.56 Å². The van der Waals surface area contributed by atoms with E-state index >= 15 is 0 Å². The molecule has 192 valence electrons. The van der Waals surface area contributed by atoms with Gasteiger partial charge in [-0.15, -0.1) is 0 Å². The number of hydrogen-bond acceptors (Lipinski definition) is 4. The molecule has 6 rings (SSSR count). The number of amides is 1. The van der Waals surface area contributed by atoms with E-state index in [4.69, 9.17) is 0 Å². The molecule has 1 aliphatic heterocycles. The Kier molecular flexibility index (Phi) is 6.51. The predicted molar refractivity (Wildman–Crippen MR) is 144 cm³/mol. The lowest BCUT2D eigenvalue weighted by molar-refractivity contribution is -0.140. The van der Waals surface area contributed by atoms with E-state index in [1.54, 1.807) is 0 Å². The van der Waals surface area contributed by atoms with Crippen LogP contribution in [0.25, 0.3) is 10.9 Å². The number of hydrogen-bond donors (Lipinski definition) is 1. The molecule has 3 fully saturated rings. The number of likely N-dealkylation sites (N-methyl/N-ethyl adjacent to an activating group) is 1. The smallest absolute Gasteiger partial charge is 0.253 e. The average molecular weight is 489 g/mol. The van der Waals surface area contributed by atoms with Gasteiger partial charge in [0.05, 0.1) is 6.54 Å². The number of pyridine rings is 1. The van der Waals surface area contributed by atoms with E-state index < -0.39 is 0 Å². The Balaban J connectivity index is 1.33. The number of nitrogens with one attached hydrogen (secondary N) is 1. The summed E-state index contributed by atoms with van der Waals surface area (Å²) in [6.07, 6.45) is 12.7. The number of allylic oxidation sites excluding steroid dienone is 2. The first-order valence-electron chi connectivity index (χ1n) is 14.0. The highest BCUT2D eigenvalue weighted by molar-refractivity contribution is 5.81. The Labute approximate surface area is 214 Å². The third-order valence-electron chi connectivity index (χ3n) is 9.54. The van der Waals surface area contributed by atoms with Crippen LogP contribution in [0.4, 0.5) is 0 Å². The topological polar surface area (TPSA) is 59.6 Å². The first kappa shape index (κ1) is 23.9. The third-order valence-corrected chi connectivity index (χ3v) is 9.54. The van der Waals surface area contributed by atoms with Crippen LogP contribution in [0.2, 0.25) is 0 Å². The summed E-state index contributed by atoms with van der Waals surface area (Å²) in [5.41, 5.74) is 1.50. The summed E-state index contributed by atoms with van der Waals surface area (Å²) in [6, 6.07) is 9.92. The normalized spacial score (nSPS) is 28.1. The van der Waals surface area contributed by atoms with Crippen molar-refractivity contribution in [3.05, 3.63) is 58.4 Å². The van der Waals surface area contributed by atoms with Gasteiger partial charge in [0, 0.05) is 55.3 Å². The molecule has 1 N–H and O–H groups in total. The Hall–Kier alpha value is -2.44. The molecule has 0 unspecified atom stereocenters. The number of H-pyrrole nitrogens is 1. The van der Waals surface area contributed by atoms with Crippen molar-refractivity contribution in [2.24, 2.45) is 17.8 Å². The minimum atomic E-state index is -0.0726. The second-order valence-corrected chi connectivity index (χ2v) is 11.9. The van der Waals surface area contributed by atoms with Crippen LogP contribution in [-0.4, -0.2) is 70.9 Å². The molecule has 1 amide bonds. The zero-order chi connectivity index (χ0) is 24.7. The van der Waals surface area contributed by atoms with Crippen LogP contribution in [0.15, 0.2) is 47.3 Å². The summed E-state index contributed by atoms with van der Waals surface area (Å²) in [6.45, 7) is 5.41. The molecule has 3 atom stereocenters. The number of fused-ring (bicyclic) bond motifs is 3. The van der Waals surface area contributed by atoms with Gasteiger partial charge < -0.3 is 14.8 Å². The fourth-order valence-corrected chi connectivity index (χ4v) is 7.45. The summed E-state index contributed by atoms with van der Waals surface area (Å²) < 4.78 is 0. The molecule has 6 heteroatoms. The molecule has 3 aliphatic carbocycles. The van der Waals surface area contributed by atoms with Crippen molar-refractivity contribution in [3.63, 3.8) is 0 Å². The number of rotatable bonds is 6. The zero-order valence-corrected chi connectivity index (χ0v) is 21.6. The maximum atomic E-state index is 14.2. The molecule has 2 heterocycles. The summed E-state index contributed by atoms with van der Waals surface area (Å²) in [4.78, 5) is 37.6. The standard InChI is InChI=1S/C30H40N4O2/c1-32-13-15-34(16-14-32)30(11-5-2-6-12-30)21-33(29(36)26-18-22-9-10-23(26)17-22)20-25-19-24-7-3-4-8-27(24)31-28(25)35/h3-4,7-10,19,22-23,26H,2,5-6,11-18,20-21H2,1H3,(H,31,35)/t22-,23+,26-/m1/s1. The number of piperazine rings is 1. The number of aromatic nitrogens is 1. The molecular formula is C30H40N4O2. The lowest BCUT2D eigenvalue weighted by atomic mass is 9.78. The first-order chi connectivity index (χ1) is 17.5. The van der Waals surface area contributed by atoms with Gasteiger partial charge in [0.25, 0.3) is 5.56 Å². The Bertz CT molecular complexity index is 1190. The van der Waals surface area contributed by atoms with Crippen molar-refractivity contribution in [1.29, 1.82) is 0 Å². The van der Waals surface area contributed by atoms with Gasteiger partial charge in [0.15, 0.2) is 0 Å². The van der Waals surface area contributed by atoms with Gasteiger partial charge in [-0.3, -0.25) is 14.5 Å². The number of aromatic amines is 1. The van der Waals surface area contributed by atoms with Crippen molar-refractivity contribution in [2.45, 2.75) is 57.0 Å². The van der Waals surface area contributed by atoms with Crippen LogP contribution in [0.3, 0.4) is 0 Å². The molecule has 2 bridgehead atoms. The van der Waals surface area contributed by atoms with Gasteiger partial charge in [-0.2, -0.15) is 0 Å².